The highest BCUT2D eigenvalue weighted by molar-refractivity contribution is 9.10. The lowest BCUT2D eigenvalue weighted by molar-refractivity contribution is -0.384. The number of nitro groups is 1. The highest BCUT2D eigenvalue weighted by atomic mass is 79.9. The fourth-order valence-corrected chi connectivity index (χ4v) is 5.64. The molecule has 13 heteroatoms. The van der Waals surface area contributed by atoms with Gasteiger partial charge in [-0.1, -0.05) is 15.9 Å². The van der Waals surface area contributed by atoms with Gasteiger partial charge in [-0.2, -0.15) is 0 Å². The Kier molecular flexibility index (Phi) is 8.48. The minimum Gasteiger partial charge on any atom is -0.387 e. The highest BCUT2D eigenvalue weighted by Crippen LogP contribution is 2.36. The third-order valence-corrected chi connectivity index (χ3v) is 7.22. The lowest BCUT2D eigenvalue weighted by atomic mass is 10.1. The third kappa shape index (κ3) is 6.22. The van der Waals surface area contributed by atoms with Crippen LogP contribution in [0.1, 0.15) is 36.2 Å². The van der Waals surface area contributed by atoms with E-state index in [1.807, 2.05) is 24.8 Å². The molecule has 3 heterocycles. The lowest BCUT2D eigenvalue weighted by Crippen LogP contribution is -2.48. The zero-order chi connectivity index (χ0) is 27.6. The monoisotopic (exact) mass is 589 g/mol. The Labute approximate surface area is 229 Å². The van der Waals surface area contributed by atoms with Crippen LogP contribution in [0.25, 0.3) is 0 Å². The molecule has 0 aliphatic carbocycles. The maximum atomic E-state index is 13.6. The Balaban J connectivity index is 1.62. The first kappa shape index (κ1) is 27.7. The molecular weight excluding hydrogens is 558 g/mol. The number of likely N-dealkylation sites (tertiary alicyclic amines) is 1. The maximum absolute atomic E-state index is 13.6. The van der Waals surface area contributed by atoms with E-state index in [9.17, 15) is 19.7 Å². The van der Waals surface area contributed by atoms with Crippen molar-refractivity contribution < 1.29 is 19.2 Å². The Morgan fingerprint density at radius 1 is 1.21 bits per heavy atom. The number of pyridine rings is 1. The molecule has 0 bridgehead atoms. The van der Waals surface area contributed by atoms with Gasteiger partial charge in [0.05, 0.1) is 34.4 Å². The number of amides is 2. The minimum absolute atomic E-state index is 0.129. The molecule has 4 N–H and O–H groups in total. The SMILES string of the molecule is CNc1cncc(CN2C[C@H](Nc3c(C(=O)N4C[C@@H](C)O[C@@H](C)C4)cc(Br)cc3[N+](=O)[O-])C[C@H]2C(N)=O)c1. The molecule has 0 spiro atoms. The van der Waals surface area contributed by atoms with Crippen LogP contribution in [0.15, 0.2) is 35.1 Å². The van der Waals surface area contributed by atoms with Gasteiger partial charge in [0, 0.05) is 62.2 Å². The zero-order valence-electron chi connectivity index (χ0n) is 21.5. The van der Waals surface area contributed by atoms with E-state index in [2.05, 4.69) is 31.5 Å². The Morgan fingerprint density at radius 3 is 2.55 bits per heavy atom. The summed E-state index contributed by atoms with van der Waals surface area (Å²) in [6, 6.07) is 3.96. The van der Waals surface area contributed by atoms with Crippen LogP contribution in [0, 0.1) is 10.1 Å². The van der Waals surface area contributed by atoms with E-state index >= 15 is 0 Å². The van der Waals surface area contributed by atoms with Gasteiger partial charge in [-0.05, 0) is 38.0 Å². The second-order valence-electron chi connectivity index (χ2n) is 9.83. The van der Waals surface area contributed by atoms with Gasteiger partial charge < -0.3 is 26.0 Å². The fraction of sp³-hybridized carbons (Fsp3) is 0.480. The van der Waals surface area contributed by atoms with Crippen molar-refractivity contribution in [1.82, 2.24) is 14.8 Å². The van der Waals surface area contributed by atoms with Crippen molar-refractivity contribution in [1.29, 1.82) is 0 Å². The van der Waals surface area contributed by atoms with Crippen LogP contribution in [-0.2, 0) is 16.1 Å². The normalized spacial score (nSPS) is 23.7. The van der Waals surface area contributed by atoms with Gasteiger partial charge in [0.2, 0.25) is 5.91 Å². The van der Waals surface area contributed by atoms with Gasteiger partial charge in [0.1, 0.15) is 5.69 Å². The van der Waals surface area contributed by atoms with Gasteiger partial charge in [0.25, 0.3) is 11.6 Å². The molecule has 38 heavy (non-hydrogen) atoms. The van der Waals surface area contributed by atoms with Crippen LogP contribution in [0.4, 0.5) is 17.1 Å². The summed E-state index contributed by atoms with van der Waals surface area (Å²) in [6.07, 6.45) is 3.44. The van der Waals surface area contributed by atoms with Crippen molar-refractivity contribution in [2.75, 3.05) is 37.3 Å². The Bertz CT molecular complexity index is 1220. The summed E-state index contributed by atoms with van der Waals surface area (Å²) in [6.45, 7) is 5.35. The molecule has 1 aromatic heterocycles. The zero-order valence-corrected chi connectivity index (χ0v) is 23.1. The third-order valence-electron chi connectivity index (χ3n) is 6.77. The number of nitro benzene ring substituents is 1. The number of aromatic nitrogens is 1. The van der Waals surface area contributed by atoms with Crippen LogP contribution in [-0.4, -0.2) is 82.5 Å². The van der Waals surface area contributed by atoms with E-state index in [1.165, 1.54) is 6.07 Å². The first-order chi connectivity index (χ1) is 18.0. The number of carbonyl (C=O) groups excluding carboxylic acids is 2. The maximum Gasteiger partial charge on any atom is 0.294 e. The molecule has 2 aliphatic heterocycles. The van der Waals surface area contributed by atoms with Crippen LogP contribution in [0.3, 0.4) is 0 Å². The summed E-state index contributed by atoms with van der Waals surface area (Å²) >= 11 is 3.32. The standard InChI is InChI=1S/C25H32BrN7O5/c1-14-10-32(11-15(2)38-14)25(35)20-5-17(26)6-21(33(36)37)23(20)30-19-7-22(24(27)34)31(13-19)12-16-4-18(28-3)9-29-8-16/h4-6,8-9,14-15,19,22,28,30H,7,10-13H2,1-3H3,(H2,27,34)/t14-,15+,19-,22+/m1/s1. The lowest BCUT2D eigenvalue weighted by Gasteiger charge is -2.35. The Morgan fingerprint density at radius 2 is 1.92 bits per heavy atom. The molecule has 4 rings (SSSR count). The number of nitrogens with zero attached hydrogens (tertiary/aromatic N) is 4. The number of anilines is 2. The summed E-state index contributed by atoms with van der Waals surface area (Å²) in [7, 11) is 1.80. The van der Waals surface area contributed by atoms with Crippen LogP contribution in [0.5, 0.6) is 0 Å². The van der Waals surface area contributed by atoms with Gasteiger partial charge in [-0.25, -0.2) is 0 Å². The van der Waals surface area contributed by atoms with Crippen molar-refractivity contribution in [3.05, 3.63) is 56.3 Å². The molecule has 0 radical (unpaired) electrons. The average Bonchev–Trinajstić information content (AvgIpc) is 3.26. The predicted octanol–water partition coefficient (Wildman–Crippen LogP) is 2.58. The highest BCUT2D eigenvalue weighted by Gasteiger charge is 2.38. The van der Waals surface area contributed by atoms with Crippen molar-refractivity contribution in [2.45, 2.75) is 51.1 Å². The predicted molar refractivity (Wildman–Crippen MR) is 146 cm³/mol. The van der Waals surface area contributed by atoms with E-state index < -0.39 is 16.9 Å². The van der Waals surface area contributed by atoms with Gasteiger partial charge >= 0.3 is 0 Å². The molecule has 0 unspecified atom stereocenters. The van der Waals surface area contributed by atoms with E-state index in [0.717, 1.165) is 11.3 Å². The van der Waals surface area contributed by atoms with Crippen molar-refractivity contribution in [3.63, 3.8) is 0 Å². The average molecular weight is 590 g/mol. The number of rotatable bonds is 8. The van der Waals surface area contributed by atoms with Crippen LogP contribution in [0.2, 0.25) is 0 Å². The van der Waals surface area contributed by atoms with Crippen molar-refractivity contribution >= 4 is 44.8 Å². The number of hydrogen-bond donors (Lipinski definition) is 3. The second-order valence-corrected chi connectivity index (χ2v) is 10.7. The van der Waals surface area contributed by atoms with Crippen molar-refractivity contribution in [2.24, 2.45) is 5.73 Å². The molecule has 2 amide bonds. The number of hydrogen-bond acceptors (Lipinski definition) is 9. The van der Waals surface area contributed by atoms with Gasteiger partial charge in [-0.3, -0.25) is 29.6 Å². The number of halogens is 1. The molecule has 0 saturated carbocycles. The quantitative estimate of drug-likeness (QED) is 0.311. The molecule has 4 atom stereocenters. The van der Waals surface area contributed by atoms with Crippen LogP contribution >= 0.6 is 15.9 Å². The summed E-state index contributed by atoms with van der Waals surface area (Å²) in [5.41, 5.74) is 7.55. The summed E-state index contributed by atoms with van der Waals surface area (Å²) in [4.78, 5) is 45.3. The summed E-state index contributed by atoms with van der Waals surface area (Å²) in [5, 5.41) is 18.3. The molecule has 12 nitrogen and oxygen atoms in total. The number of ether oxygens (including phenoxy) is 1. The summed E-state index contributed by atoms with van der Waals surface area (Å²) < 4.78 is 6.17. The molecular formula is C25H32BrN7O5. The van der Waals surface area contributed by atoms with Crippen LogP contribution < -0.4 is 16.4 Å². The first-order valence-electron chi connectivity index (χ1n) is 12.4. The smallest absolute Gasteiger partial charge is 0.294 e. The van der Waals surface area contributed by atoms with Gasteiger partial charge in [-0.15, -0.1) is 0 Å². The molecule has 2 aliphatic rings. The van der Waals surface area contributed by atoms with E-state index in [-0.39, 0.29) is 41.1 Å². The Hall–Kier alpha value is -3.29. The van der Waals surface area contributed by atoms with Gasteiger partial charge in [0.15, 0.2) is 0 Å². The topological polar surface area (TPSA) is 156 Å². The molecule has 1 aromatic carbocycles. The molecule has 2 fully saturated rings. The minimum atomic E-state index is -0.583. The molecule has 2 saturated heterocycles. The molecule has 204 valence electrons. The number of nitrogens with one attached hydrogen (secondary N) is 2. The first-order valence-corrected chi connectivity index (χ1v) is 13.2. The number of nitrogens with two attached hydrogens (primary N) is 1. The number of carbonyl (C=O) groups is 2. The number of primary amides is 1. The number of benzene rings is 1. The molecule has 2 aromatic rings. The van der Waals surface area contributed by atoms with E-state index in [1.54, 1.807) is 30.4 Å². The largest absolute Gasteiger partial charge is 0.387 e. The second kappa shape index (κ2) is 11.6. The fourth-order valence-electron chi connectivity index (χ4n) is 5.20. The van der Waals surface area contributed by atoms with E-state index in [4.69, 9.17) is 10.5 Å². The number of morpholine rings is 1. The van der Waals surface area contributed by atoms with Crippen molar-refractivity contribution in [3.8, 4) is 0 Å². The van der Waals surface area contributed by atoms with E-state index in [0.29, 0.717) is 37.1 Å². The summed E-state index contributed by atoms with van der Waals surface area (Å²) in [5.74, 6) is -0.805.